The second-order valence-corrected chi connectivity index (χ2v) is 8.15. The molecule has 0 unspecified atom stereocenters. The van der Waals surface area contributed by atoms with Crippen LogP contribution in [0, 0.1) is 5.82 Å². The molecule has 0 fully saturated rings. The number of thiophene rings is 1. The number of hydrogen-bond donors (Lipinski definition) is 0. The highest BCUT2D eigenvalue weighted by Crippen LogP contribution is 2.37. The van der Waals surface area contributed by atoms with Crippen LogP contribution in [-0.2, 0) is 20.7 Å². The lowest BCUT2D eigenvalue weighted by atomic mass is 9.93. The van der Waals surface area contributed by atoms with Crippen molar-refractivity contribution in [3.8, 4) is 0 Å². The third-order valence-corrected chi connectivity index (χ3v) is 6.18. The zero-order chi connectivity index (χ0) is 20.8. The van der Waals surface area contributed by atoms with Gasteiger partial charge in [0.25, 0.3) is 0 Å². The molecule has 0 saturated carbocycles. The van der Waals surface area contributed by atoms with Crippen LogP contribution in [0.2, 0.25) is 0 Å². The van der Waals surface area contributed by atoms with Crippen LogP contribution in [-0.4, -0.2) is 55.0 Å². The van der Waals surface area contributed by atoms with Gasteiger partial charge in [-0.25, -0.2) is 4.39 Å². The van der Waals surface area contributed by atoms with Gasteiger partial charge >= 0.3 is 0 Å². The average molecular weight is 419 g/mol. The minimum atomic E-state index is -0.302. The molecule has 0 aliphatic carbocycles. The Bertz CT molecular complexity index is 837. The third-order valence-electron chi connectivity index (χ3n) is 5.18. The first kappa shape index (κ1) is 21.5. The lowest BCUT2D eigenvalue weighted by molar-refractivity contribution is -0.142. The van der Waals surface area contributed by atoms with Gasteiger partial charge in [0, 0.05) is 31.5 Å². The van der Waals surface area contributed by atoms with Gasteiger partial charge in [-0.3, -0.25) is 9.59 Å². The van der Waals surface area contributed by atoms with Crippen LogP contribution in [0.5, 0.6) is 0 Å². The predicted octanol–water partition coefficient (Wildman–Crippen LogP) is 3.64. The fourth-order valence-corrected chi connectivity index (χ4v) is 4.61. The van der Waals surface area contributed by atoms with Crippen molar-refractivity contribution in [1.29, 1.82) is 0 Å². The minimum absolute atomic E-state index is 0.0271. The molecule has 2 amide bonds. The van der Waals surface area contributed by atoms with Crippen molar-refractivity contribution in [2.24, 2.45) is 0 Å². The van der Waals surface area contributed by atoms with Crippen LogP contribution in [0.3, 0.4) is 0 Å². The molecule has 1 atom stereocenters. The fourth-order valence-electron chi connectivity index (χ4n) is 3.71. The van der Waals surface area contributed by atoms with E-state index in [0.29, 0.717) is 26.1 Å². The Labute approximate surface area is 175 Å². The number of nitrogens with zero attached hydrogens (tertiary/aromatic N) is 2. The Kier molecular flexibility index (Phi) is 7.39. The summed E-state index contributed by atoms with van der Waals surface area (Å²) in [7, 11) is 1.58. The maximum absolute atomic E-state index is 13.5. The Morgan fingerprint density at radius 3 is 2.72 bits per heavy atom. The molecule has 0 saturated heterocycles. The summed E-state index contributed by atoms with van der Waals surface area (Å²) in [4.78, 5) is 30.4. The highest BCUT2D eigenvalue weighted by molar-refractivity contribution is 7.10. The van der Waals surface area contributed by atoms with Gasteiger partial charge in [-0.15, -0.1) is 11.3 Å². The second-order valence-electron chi connectivity index (χ2n) is 7.15. The first-order valence-corrected chi connectivity index (χ1v) is 10.8. The quantitative estimate of drug-likeness (QED) is 0.658. The van der Waals surface area contributed by atoms with Crippen molar-refractivity contribution in [1.82, 2.24) is 9.80 Å². The number of carbonyl (C=O) groups excluding carboxylic acids is 2. The van der Waals surface area contributed by atoms with Gasteiger partial charge < -0.3 is 14.5 Å². The smallest absolute Gasteiger partial charge is 0.242 e. The second kappa shape index (κ2) is 9.98. The van der Waals surface area contributed by atoms with Crippen molar-refractivity contribution in [2.75, 3.05) is 33.4 Å². The number of methoxy groups -OCH3 is 1. The lowest BCUT2D eigenvalue weighted by Crippen LogP contribution is -2.47. The van der Waals surface area contributed by atoms with E-state index in [1.54, 1.807) is 35.5 Å². The average Bonchev–Trinajstić information content (AvgIpc) is 3.20. The summed E-state index contributed by atoms with van der Waals surface area (Å²) in [5.74, 6) is -0.440. The zero-order valence-corrected chi connectivity index (χ0v) is 17.7. The van der Waals surface area contributed by atoms with Crippen LogP contribution < -0.4 is 0 Å². The van der Waals surface area contributed by atoms with E-state index >= 15 is 0 Å². The molecule has 0 radical (unpaired) electrons. The van der Waals surface area contributed by atoms with E-state index in [9.17, 15) is 14.0 Å². The molecule has 2 aromatic rings. The van der Waals surface area contributed by atoms with Crippen LogP contribution in [0.4, 0.5) is 4.39 Å². The van der Waals surface area contributed by atoms with Crippen molar-refractivity contribution < 1.29 is 18.7 Å². The SMILES string of the molecule is CCCC(=O)N(CCOC)CC(=O)N1CCc2sccc2[C@@H]1c1ccc(F)cc1. The third kappa shape index (κ3) is 5.03. The van der Waals surface area contributed by atoms with E-state index in [1.807, 2.05) is 23.3 Å². The molecule has 1 aromatic carbocycles. The highest BCUT2D eigenvalue weighted by atomic mass is 32.1. The zero-order valence-electron chi connectivity index (χ0n) is 16.9. The predicted molar refractivity (Wildman–Crippen MR) is 111 cm³/mol. The van der Waals surface area contributed by atoms with Gasteiger partial charge in [0.05, 0.1) is 19.2 Å². The van der Waals surface area contributed by atoms with E-state index in [2.05, 4.69) is 0 Å². The van der Waals surface area contributed by atoms with Crippen LogP contribution in [0.1, 0.15) is 41.8 Å². The summed E-state index contributed by atoms with van der Waals surface area (Å²) < 4.78 is 18.6. The number of carbonyl (C=O) groups is 2. The van der Waals surface area contributed by atoms with Crippen molar-refractivity contribution >= 4 is 23.2 Å². The Hall–Kier alpha value is -2.25. The van der Waals surface area contributed by atoms with Crippen LogP contribution in [0.15, 0.2) is 35.7 Å². The Morgan fingerprint density at radius 1 is 1.28 bits per heavy atom. The largest absolute Gasteiger partial charge is 0.383 e. The summed E-state index contributed by atoms with van der Waals surface area (Å²) in [6.45, 7) is 3.33. The Balaban J connectivity index is 1.85. The summed E-state index contributed by atoms with van der Waals surface area (Å²) in [6.07, 6.45) is 1.93. The van der Waals surface area contributed by atoms with Crippen LogP contribution >= 0.6 is 11.3 Å². The van der Waals surface area contributed by atoms with Crippen LogP contribution in [0.25, 0.3) is 0 Å². The van der Waals surface area contributed by atoms with Gasteiger partial charge in [-0.05, 0) is 47.5 Å². The molecular formula is C22H27FN2O3S. The lowest BCUT2D eigenvalue weighted by Gasteiger charge is -2.37. The standard InChI is InChI=1S/C22H27FN2O3S/c1-3-4-20(26)24(12-13-28-2)15-21(27)25-11-9-19-18(10-14-29-19)22(25)16-5-7-17(23)8-6-16/h5-8,10,14,22H,3-4,9,11-13,15H2,1-2H3/t22-/m0/s1. The van der Waals surface area contributed by atoms with E-state index in [4.69, 9.17) is 4.74 Å². The summed E-state index contributed by atoms with van der Waals surface area (Å²) in [6, 6.07) is 8.10. The molecule has 1 aliphatic rings. The molecule has 3 rings (SSSR count). The molecule has 0 bridgehead atoms. The Morgan fingerprint density at radius 2 is 2.03 bits per heavy atom. The van der Waals surface area contributed by atoms with E-state index in [-0.39, 0.29) is 30.2 Å². The van der Waals surface area contributed by atoms with Gasteiger partial charge in [0.2, 0.25) is 11.8 Å². The molecule has 0 N–H and O–H groups in total. The summed E-state index contributed by atoms with van der Waals surface area (Å²) in [5.41, 5.74) is 1.96. The topological polar surface area (TPSA) is 49.9 Å². The minimum Gasteiger partial charge on any atom is -0.383 e. The molecular weight excluding hydrogens is 391 g/mol. The number of halogens is 1. The van der Waals surface area contributed by atoms with Crippen molar-refractivity contribution in [3.05, 3.63) is 57.5 Å². The van der Waals surface area contributed by atoms with E-state index in [1.165, 1.54) is 17.0 Å². The number of hydrogen-bond acceptors (Lipinski definition) is 4. The maximum atomic E-state index is 13.5. The fraction of sp³-hybridized carbons (Fsp3) is 0.455. The molecule has 5 nitrogen and oxygen atoms in total. The molecule has 2 heterocycles. The summed E-state index contributed by atoms with van der Waals surface area (Å²) in [5, 5.41) is 2.03. The van der Waals surface area contributed by atoms with Crippen molar-refractivity contribution in [3.63, 3.8) is 0 Å². The van der Waals surface area contributed by atoms with E-state index in [0.717, 1.165) is 24.0 Å². The number of ether oxygens (including phenoxy) is 1. The van der Waals surface area contributed by atoms with Crippen molar-refractivity contribution in [2.45, 2.75) is 32.2 Å². The van der Waals surface area contributed by atoms with Gasteiger partial charge in [0.15, 0.2) is 0 Å². The molecule has 1 aromatic heterocycles. The maximum Gasteiger partial charge on any atom is 0.242 e. The number of benzene rings is 1. The summed E-state index contributed by atoms with van der Waals surface area (Å²) >= 11 is 1.68. The molecule has 0 spiro atoms. The molecule has 1 aliphatic heterocycles. The first-order chi connectivity index (χ1) is 14.0. The number of amides is 2. The normalized spacial score (nSPS) is 15.8. The number of fused-ring (bicyclic) bond motifs is 1. The van der Waals surface area contributed by atoms with Gasteiger partial charge in [-0.1, -0.05) is 19.1 Å². The van der Waals surface area contributed by atoms with Gasteiger partial charge in [0.1, 0.15) is 5.82 Å². The molecule has 29 heavy (non-hydrogen) atoms. The number of rotatable bonds is 8. The van der Waals surface area contributed by atoms with Gasteiger partial charge in [-0.2, -0.15) is 0 Å². The molecule has 156 valence electrons. The molecule has 7 heteroatoms. The monoisotopic (exact) mass is 418 g/mol. The highest BCUT2D eigenvalue weighted by Gasteiger charge is 2.33. The first-order valence-electron chi connectivity index (χ1n) is 9.93. The van der Waals surface area contributed by atoms with E-state index < -0.39 is 0 Å².